The van der Waals surface area contributed by atoms with Crippen molar-refractivity contribution in [1.29, 1.82) is 0 Å². The molecule has 134 valence electrons. The van der Waals surface area contributed by atoms with Crippen LogP contribution in [0.25, 0.3) is 0 Å². The van der Waals surface area contributed by atoms with Gasteiger partial charge < -0.3 is 10.1 Å². The summed E-state index contributed by atoms with van der Waals surface area (Å²) in [5, 5.41) is 10.6. The number of rotatable bonds is 6. The second-order valence-corrected chi connectivity index (χ2v) is 6.19. The van der Waals surface area contributed by atoms with Gasteiger partial charge in [0.05, 0.1) is 18.8 Å². The molecule has 1 saturated heterocycles. The first-order chi connectivity index (χ1) is 12.0. The van der Waals surface area contributed by atoms with Crippen LogP contribution < -0.4 is 11.0 Å². The predicted molar refractivity (Wildman–Crippen MR) is 89.3 cm³/mol. The van der Waals surface area contributed by atoms with Crippen LogP contribution in [0.1, 0.15) is 34.7 Å². The number of nitrogens with zero attached hydrogens (tertiary/aromatic N) is 5. The van der Waals surface area contributed by atoms with E-state index in [-0.39, 0.29) is 23.4 Å². The summed E-state index contributed by atoms with van der Waals surface area (Å²) >= 11 is 0. The second kappa shape index (κ2) is 7.56. The average molecular weight is 346 g/mol. The fourth-order valence-corrected chi connectivity index (χ4v) is 2.91. The molecule has 2 aromatic rings. The number of ether oxygens (including phenoxy) is 1. The Labute approximate surface area is 145 Å². The van der Waals surface area contributed by atoms with E-state index >= 15 is 0 Å². The molecule has 0 bridgehead atoms. The van der Waals surface area contributed by atoms with Gasteiger partial charge in [0.2, 0.25) is 0 Å². The van der Waals surface area contributed by atoms with Gasteiger partial charge in [-0.15, -0.1) is 5.10 Å². The van der Waals surface area contributed by atoms with Gasteiger partial charge in [-0.25, -0.2) is 9.48 Å². The van der Waals surface area contributed by atoms with E-state index in [1.807, 2.05) is 13.0 Å². The van der Waals surface area contributed by atoms with Crippen LogP contribution in [0.5, 0.6) is 0 Å². The molecular formula is C16H22N6O3. The minimum Gasteiger partial charge on any atom is -0.376 e. The van der Waals surface area contributed by atoms with Crippen molar-refractivity contribution < 1.29 is 9.53 Å². The maximum Gasteiger partial charge on any atom is 0.348 e. The molecule has 1 atom stereocenters. The molecule has 1 N–H and O–H groups in total. The Hall–Kier alpha value is -2.55. The number of hydrogen-bond acceptors (Lipinski definition) is 6. The zero-order chi connectivity index (χ0) is 17.8. The molecule has 1 aliphatic heterocycles. The molecule has 3 heterocycles. The van der Waals surface area contributed by atoms with Crippen LogP contribution in [0.15, 0.2) is 17.1 Å². The molecule has 9 heteroatoms. The van der Waals surface area contributed by atoms with Crippen molar-refractivity contribution >= 4 is 5.91 Å². The number of amides is 1. The quantitative estimate of drug-likeness (QED) is 0.793. The normalized spacial score (nSPS) is 17.0. The Morgan fingerprint density at radius 3 is 3.00 bits per heavy atom. The standard InChI is InChI=1S/C16H22N6O3/c1-11-8-12(2)22(16(24)18-11)6-5-17-15(23)14-10-21(20-19-14)9-13-4-3-7-25-13/h8,10,13H,3-7,9H2,1-2H3,(H,17,23). The second-order valence-electron chi connectivity index (χ2n) is 6.19. The van der Waals surface area contributed by atoms with E-state index < -0.39 is 0 Å². The zero-order valence-corrected chi connectivity index (χ0v) is 14.4. The third kappa shape index (κ3) is 4.30. The highest BCUT2D eigenvalue weighted by molar-refractivity contribution is 5.91. The van der Waals surface area contributed by atoms with Crippen molar-refractivity contribution in [1.82, 2.24) is 29.9 Å². The van der Waals surface area contributed by atoms with Gasteiger partial charge >= 0.3 is 5.69 Å². The lowest BCUT2D eigenvalue weighted by atomic mass is 10.2. The highest BCUT2D eigenvalue weighted by Crippen LogP contribution is 2.13. The number of nitrogens with one attached hydrogen (secondary N) is 1. The minimum absolute atomic E-state index is 0.140. The van der Waals surface area contributed by atoms with Crippen molar-refractivity contribution in [2.75, 3.05) is 13.2 Å². The number of carbonyl (C=O) groups excluding carboxylic acids is 1. The third-order valence-corrected chi connectivity index (χ3v) is 4.15. The summed E-state index contributed by atoms with van der Waals surface area (Å²) in [5.41, 5.74) is 1.44. The summed E-state index contributed by atoms with van der Waals surface area (Å²) < 4.78 is 8.70. The maximum atomic E-state index is 12.1. The molecule has 2 aromatic heterocycles. The largest absolute Gasteiger partial charge is 0.376 e. The van der Waals surface area contributed by atoms with E-state index in [0.29, 0.717) is 25.3 Å². The van der Waals surface area contributed by atoms with E-state index in [0.717, 1.165) is 25.1 Å². The van der Waals surface area contributed by atoms with E-state index in [1.165, 1.54) is 4.57 Å². The van der Waals surface area contributed by atoms with Gasteiger partial charge in [0.15, 0.2) is 5.69 Å². The van der Waals surface area contributed by atoms with Crippen LogP contribution in [0.3, 0.4) is 0 Å². The van der Waals surface area contributed by atoms with Crippen molar-refractivity contribution in [3.05, 3.63) is 39.8 Å². The minimum atomic E-state index is -0.315. The van der Waals surface area contributed by atoms with Crippen molar-refractivity contribution in [2.24, 2.45) is 0 Å². The fraction of sp³-hybridized carbons (Fsp3) is 0.562. The number of hydrogen-bond donors (Lipinski definition) is 1. The van der Waals surface area contributed by atoms with Crippen LogP contribution >= 0.6 is 0 Å². The number of aromatic nitrogens is 5. The summed E-state index contributed by atoms with van der Waals surface area (Å²) in [6.07, 6.45) is 3.81. The van der Waals surface area contributed by atoms with Crippen molar-refractivity contribution in [3.63, 3.8) is 0 Å². The summed E-state index contributed by atoms with van der Waals surface area (Å²) in [6.45, 7) is 5.66. The van der Waals surface area contributed by atoms with Gasteiger partial charge in [-0.3, -0.25) is 9.36 Å². The number of aryl methyl sites for hydroxylation is 2. The third-order valence-electron chi connectivity index (χ3n) is 4.15. The first-order valence-electron chi connectivity index (χ1n) is 8.38. The van der Waals surface area contributed by atoms with Crippen LogP contribution in [-0.4, -0.2) is 49.7 Å². The first-order valence-corrected chi connectivity index (χ1v) is 8.38. The lowest BCUT2D eigenvalue weighted by Crippen LogP contribution is -2.33. The summed E-state index contributed by atoms with van der Waals surface area (Å²) in [4.78, 5) is 27.9. The van der Waals surface area contributed by atoms with E-state index in [2.05, 4.69) is 20.6 Å². The highest BCUT2D eigenvalue weighted by atomic mass is 16.5. The van der Waals surface area contributed by atoms with Crippen LogP contribution in [-0.2, 0) is 17.8 Å². The molecule has 0 radical (unpaired) electrons. The molecule has 1 aliphatic rings. The van der Waals surface area contributed by atoms with Gasteiger partial charge in [-0.2, -0.15) is 4.98 Å². The van der Waals surface area contributed by atoms with Crippen LogP contribution in [0, 0.1) is 13.8 Å². The zero-order valence-electron chi connectivity index (χ0n) is 14.4. The van der Waals surface area contributed by atoms with E-state index in [1.54, 1.807) is 17.8 Å². The Kier molecular flexibility index (Phi) is 5.22. The fourth-order valence-electron chi connectivity index (χ4n) is 2.91. The van der Waals surface area contributed by atoms with Gasteiger partial charge in [0.25, 0.3) is 5.91 Å². The lowest BCUT2D eigenvalue weighted by Gasteiger charge is -2.10. The summed E-state index contributed by atoms with van der Waals surface area (Å²) in [7, 11) is 0. The topological polar surface area (TPSA) is 104 Å². The summed E-state index contributed by atoms with van der Waals surface area (Å²) in [5.74, 6) is -0.315. The van der Waals surface area contributed by atoms with Gasteiger partial charge in [-0.1, -0.05) is 5.21 Å². The average Bonchev–Trinajstić information content (AvgIpc) is 3.22. The molecule has 0 aromatic carbocycles. The van der Waals surface area contributed by atoms with Gasteiger partial charge in [0.1, 0.15) is 0 Å². The SMILES string of the molecule is Cc1cc(C)n(CCNC(=O)c2cn(CC3CCCO3)nn2)c(=O)n1. The lowest BCUT2D eigenvalue weighted by molar-refractivity contribution is 0.0929. The predicted octanol–water partition coefficient (Wildman–Crippen LogP) is 0.0606. The maximum absolute atomic E-state index is 12.1. The van der Waals surface area contributed by atoms with Gasteiger partial charge in [-0.05, 0) is 32.8 Å². The summed E-state index contributed by atoms with van der Waals surface area (Å²) in [6, 6.07) is 1.83. The van der Waals surface area contributed by atoms with Crippen molar-refractivity contribution in [3.8, 4) is 0 Å². The highest BCUT2D eigenvalue weighted by Gasteiger charge is 2.18. The molecule has 3 rings (SSSR count). The Bertz CT molecular complexity index is 806. The molecule has 0 aliphatic carbocycles. The molecule has 0 spiro atoms. The molecular weight excluding hydrogens is 324 g/mol. The number of carbonyl (C=O) groups is 1. The van der Waals surface area contributed by atoms with E-state index in [9.17, 15) is 9.59 Å². The Morgan fingerprint density at radius 2 is 2.28 bits per heavy atom. The Balaban J connectivity index is 1.53. The van der Waals surface area contributed by atoms with E-state index in [4.69, 9.17) is 4.74 Å². The molecule has 0 saturated carbocycles. The molecule has 25 heavy (non-hydrogen) atoms. The molecule has 9 nitrogen and oxygen atoms in total. The molecule has 1 unspecified atom stereocenters. The smallest absolute Gasteiger partial charge is 0.348 e. The molecule has 1 amide bonds. The first kappa shape index (κ1) is 17.3. The van der Waals surface area contributed by atoms with Crippen LogP contribution in [0.4, 0.5) is 0 Å². The Morgan fingerprint density at radius 1 is 1.44 bits per heavy atom. The van der Waals surface area contributed by atoms with Crippen LogP contribution in [0.2, 0.25) is 0 Å². The monoisotopic (exact) mass is 346 g/mol. The van der Waals surface area contributed by atoms with Gasteiger partial charge in [0, 0.05) is 31.1 Å². The molecule has 1 fully saturated rings. The van der Waals surface area contributed by atoms with Crippen molar-refractivity contribution in [2.45, 2.75) is 45.9 Å².